The van der Waals surface area contributed by atoms with Crippen LogP contribution in [0.2, 0.25) is 0 Å². The maximum atomic E-state index is 12.5. The molecule has 1 heterocycles. The Labute approximate surface area is 138 Å². The molecule has 1 aliphatic heterocycles. The van der Waals surface area contributed by atoms with Crippen molar-refractivity contribution in [3.05, 3.63) is 65.1 Å². The van der Waals surface area contributed by atoms with Gasteiger partial charge in [-0.3, -0.25) is 9.59 Å². The first kappa shape index (κ1) is 15.4. The van der Waals surface area contributed by atoms with Gasteiger partial charge in [0, 0.05) is 0 Å². The van der Waals surface area contributed by atoms with E-state index in [4.69, 9.17) is 4.74 Å². The van der Waals surface area contributed by atoms with E-state index in [9.17, 15) is 9.59 Å². The zero-order chi connectivity index (χ0) is 16.2. The minimum Gasteiger partial charge on any atom is -0.494 e. The first-order valence-electron chi connectivity index (χ1n) is 7.25. The highest BCUT2D eigenvalue weighted by Crippen LogP contribution is 2.36. The average Bonchev–Trinajstić information content (AvgIpc) is 2.84. The predicted octanol–water partition coefficient (Wildman–Crippen LogP) is 4.33. The molecule has 0 radical (unpaired) electrons. The molecule has 2 amide bonds. The van der Waals surface area contributed by atoms with E-state index in [1.165, 1.54) is 4.90 Å². The summed E-state index contributed by atoms with van der Waals surface area (Å²) in [6, 6.07) is 16.4. The van der Waals surface area contributed by atoms with Crippen molar-refractivity contribution in [3.8, 4) is 5.75 Å². The summed E-state index contributed by atoms with van der Waals surface area (Å²) >= 11 is 0.953. The zero-order valence-corrected chi connectivity index (χ0v) is 13.4. The fraction of sp³-hybridized carbons (Fsp3) is 0.111. The molecule has 3 rings (SSSR count). The van der Waals surface area contributed by atoms with E-state index in [1.807, 2.05) is 37.3 Å². The van der Waals surface area contributed by atoms with Gasteiger partial charge >= 0.3 is 0 Å². The topological polar surface area (TPSA) is 46.6 Å². The SMILES string of the molecule is CCOc1ccc(N2C(=O)SC(=Cc3ccccc3)C2=O)cc1. The molecule has 5 heteroatoms. The quantitative estimate of drug-likeness (QED) is 0.785. The number of ether oxygens (including phenoxy) is 1. The predicted molar refractivity (Wildman–Crippen MR) is 92.5 cm³/mol. The molecule has 0 N–H and O–H groups in total. The summed E-state index contributed by atoms with van der Waals surface area (Å²) in [4.78, 5) is 26.3. The molecule has 0 bridgehead atoms. The van der Waals surface area contributed by atoms with Gasteiger partial charge in [-0.1, -0.05) is 30.3 Å². The Morgan fingerprint density at radius 3 is 2.39 bits per heavy atom. The van der Waals surface area contributed by atoms with Gasteiger partial charge in [0.25, 0.3) is 11.1 Å². The molecule has 23 heavy (non-hydrogen) atoms. The number of thioether (sulfide) groups is 1. The van der Waals surface area contributed by atoms with E-state index in [1.54, 1.807) is 30.3 Å². The van der Waals surface area contributed by atoms with Crippen LogP contribution in [0.4, 0.5) is 10.5 Å². The molecule has 0 aliphatic carbocycles. The maximum Gasteiger partial charge on any atom is 0.298 e. The molecule has 0 spiro atoms. The van der Waals surface area contributed by atoms with Crippen LogP contribution in [-0.4, -0.2) is 17.8 Å². The van der Waals surface area contributed by atoms with Gasteiger partial charge in [0.2, 0.25) is 0 Å². The summed E-state index contributed by atoms with van der Waals surface area (Å²) in [7, 11) is 0. The Hall–Kier alpha value is -2.53. The Morgan fingerprint density at radius 2 is 1.74 bits per heavy atom. The number of hydrogen-bond acceptors (Lipinski definition) is 4. The van der Waals surface area contributed by atoms with E-state index in [0.717, 1.165) is 17.3 Å². The lowest BCUT2D eigenvalue weighted by molar-refractivity contribution is -0.113. The van der Waals surface area contributed by atoms with Crippen molar-refractivity contribution >= 4 is 34.7 Å². The molecule has 2 aromatic carbocycles. The highest BCUT2D eigenvalue weighted by atomic mass is 32.2. The monoisotopic (exact) mass is 325 g/mol. The number of anilines is 1. The molecule has 1 fully saturated rings. The van der Waals surface area contributed by atoms with Gasteiger partial charge in [0.15, 0.2) is 0 Å². The first-order chi connectivity index (χ1) is 11.2. The van der Waals surface area contributed by atoms with Crippen molar-refractivity contribution in [2.75, 3.05) is 11.5 Å². The normalized spacial score (nSPS) is 16.2. The van der Waals surface area contributed by atoms with Crippen LogP contribution >= 0.6 is 11.8 Å². The number of imide groups is 1. The van der Waals surface area contributed by atoms with E-state index < -0.39 is 0 Å². The van der Waals surface area contributed by atoms with E-state index >= 15 is 0 Å². The van der Waals surface area contributed by atoms with Gasteiger partial charge < -0.3 is 4.74 Å². The van der Waals surface area contributed by atoms with Crippen molar-refractivity contribution in [2.45, 2.75) is 6.92 Å². The summed E-state index contributed by atoms with van der Waals surface area (Å²) in [6.45, 7) is 2.47. The largest absolute Gasteiger partial charge is 0.494 e. The molecule has 0 unspecified atom stereocenters. The van der Waals surface area contributed by atoms with Crippen LogP contribution in [0.3, 0.4) is 0 Å². The average molecular weight is 325 g/mol. The lowest BCUT2D eigenvalue weighted by atomic mass is 10.2. The van der Waals surface area contributed by atoms with Crippen molar-refractivity contribution in [1.82, 2.24) is 0 Å². The van der Waals surface area contributed by atoms with Gasteiger partial charge in [-0.25, -0.2) is 4.90 Å². The van der Waals surface area contributed by atoms with Crippen LogP contribution in [-0.2, 0) is 4.79 Å². The molecule has 4 nitrogen and oxygen atoms in total. The van der Waals surface area contributed by atoms with Crippen molar-refractivity contribution in [1.29, 1.82) is 0 Å². The second kappa shape index (κ2) is 6.71. The van der Waals surface area contributed by atoms with E-state index in [-0.39, 0.29) is 11.1 Å². The van der Waals surface area contributed by atoms with Crippen LogP contribution in [0.1, 0.15) is 12.5 Å². The van der Waals surface area contributed by atoms with Crippen LogP contribution in [0.5, 0.6) is 5.75 Å². The highest BCUT2D eigenvalue weighted by molar-refractivity contribution is 8.19. The van der Waals surface area contributed by atoms with Gasteiger partial charge in [-0.15, -0.1) is 0 Å². The van der Waals surface area contributed by atoms with Crippen molar-refractivity contribution in [3.63, 3.8) is 0 Å². The lowest BCUT2D eigenvalue weighted by Gasteiger charge is -2.13. The number of rotatable bonds is 4. The second-order valence-corrected chi connectivity index (χ2v) is 5.85. The number of amides is 2. The van der Waals surface area contributed by atoms with Crippen LogP contribution in [0.25, 0.3) is 6.08 Å². The summed E-state index contributed by atoms with van der Waals surface area (Å²) in [5, 5.41) is -0.290. The fourth-order valence-electron chi connectivity index (χ4n) is 2.25. The van der Waals surface area contributed by atoms with Gasteiger partial charge in [0.05, 0.1) is 17.2 Å². The van der Waals surface area contributed by atoms with E-state index in [0.29, 0.717) is 22.9 Å². The van der Waals surface area contributed by atoms with Crippen LogP contribution < -0.4 is 9.64 Å². The highest BCUT2D eigenvalue weighted by Gasteiger charge is 2.36. The number of benzene rings is 2. The molecule has 116 valence electrons. The molecule has 1 aliphatic rings. The lowest BCUT2D eigenvalue weighted by Crippen LogP contribution is -2.27. The Balaban J connectivity index is 1.85. The fourth-order valence-corrected chi connectivity index (χ4v) is 3.09. The Kier molecular flexibility index (Phi) is 4.48. The molecule has 1 saturated heterocycles. The summed E-state index contributed by atoms with van der Waals surface area (Å²) < 4.78 is 5.37. The van der Waals surface area contributed by atoms with Gasteiger partial charge in [0.1, 0.15) is 5.75 Å². The molecule has 0 saturated carbocycles. The number of carbonyl (C=O) groups excluding carboxylic acids is 2. The molecule has 2 aromatic rings. The van der Waals surface area contributed by atoms with Gasteiger partial charge in [-0.2, -0.15) is 0 Å². The van der Waals surface area contributed by atoms with Crippen LogP contribution in [0, 0.1) is 0 Å². The number of hydrogen-bond donors (Lipinski definition) is 0. The summed E-state index contributed by atoms with van der Waals surface area (Å²) in [6.07, 6.45) is 1.74. The number of nitrogens with zero attached hydrogens (tertiary/aromatic N) is 1. The molecule has 0 aromatic heterocycles. The number of carbonyl (C=O) groups is 2. The Bertz CT molecular complexity index is 754. The summed E-state index contributed by atoms with van der Waals surface area (Å²) in [5.41, 5.74) is 1.44. The standard InChI is InChI=1S/C18H15NO3S/c1-2-22-15-10-8-14(9-11-15)19-17(20)16(23-18(19)21)12-13-6-4-3-5-7-13/h3-12H,2H2,1H3. The third-order valence-corrected chi connectivity index (χ3v) is 4.17. The minimum atomic E-state index is -0.298. The van der Waals surface area contributed by atoms with Crippen LogP contribution in [0.15, 0.2) is 59.5 Å². The zero-order valence-electron chi connectivity index (χ0n) is 12.6. The second-order valence-electron chi connectivity index (χ2n) is 4.85. The third kappa shape index (κ3) is 3.29. The first-order valence-corrected chi connectivity index (χ1v) is 8.06. The van der Waals surface area contributed by atoms with Crippen molar-refractivity contribution < 1.29 is 14.3 Å². The summed E-state index contributed by atoms with van der Waals surface area (Å²) in [5.74, 6) is 0.413. The molecule has 0 atom stereocenters. The molecular formula is C18H15NO3S. The van der Waals surface area contributed by atoms with Gasteiger partial charge in [-0.05, 0) is 54.6 Å². The third-order valence-electron chi connectivity index (χ3n) is 3.30. The molecular weight excluding hydrogens is 310 g/mol. The minimum absolute atomic E-state index is 0.290. The van der Waals surface area contributed by atoms with Crippen molar-refractivity contribution in [2.24, 2.45) is 0 Å². The smallest absolute Gasteiger partial charge is 0.298 e. The van der Waals surface area contributed by atoms with E-state index in [2.05, 4.69) is 0 Å². The maximum absolute atomic E-state index is 12.5. The Morgan fingerprint density at radius 1 is 1.04 bits per heavy atom.